The fourth-order valence-corrected chi connectivity index (χ4v) is 1.63. The fraction of sp³-hybridized carbons (Fsp3) is 0.667. The number of unbranched alkanes of at least 4 members (excludes halogenated alkanes) is 1. The molecule has 1 heterocycles. The Morgan fingerprint density at radius 2 is 2.29 bits per heavy atom. The summed E-state index contributed by atoms with van der Waals surface area (Å²) in [5, 5.41) is 8.93. The second-order valence-electron chi connectivity index (χ2n) is 4.01. The normalized spacial score (nSPS) is 10.5. The lowest BCUT2D eigenvalue weighted by Crippen LogP contribution is -2.34. The first-order valence-electron chi connectivity index (χ1n) is 6.12. The van der Waals surface area contributed by atoms with Gasteiger partial charge in [0.2, 0.25) is 5.91 Å². The van der Waals surface area contributed by atoms with Gasteiger partial charge in [-0.3, -0.25) is 4.79 Å². The number of carbonyl (C=O) groups is 1. The summed E-state index contributed by atoms with van der Waals surface area (Å²) in [5.74, 6) is 0.0983. The lowest BCUT2D eigenvalue weighted by atomic mass is 10.3. The standard InChI is InChI=1S/C12H21N3O2/c1-2-3-6-15(9-10-16)12(17)4-7-14-8-5-13-11-14/h5,8,11,16H,2-4,6-7,9-10H2,1H3. The van der Waals surface area contributed by atoms with Crippen LogP contribution >= 0.6 is 0 Å². The van der Waals surface area contributed by atoms with Crippen molar-refractivity contribution < 1.29 is 9.90 Å². The topological polar surface area (TPSA) is 58.4 Å². The maximum atomic E-state index is 11.9. The molecule has 1 rings (SSSR count). The van der Waals surface area contributed by atoms with Gasteiger partial charge in [-0.15, -0.1) is 0 Å². The Balaban J connectivity index is 2.35. The van der Waals surface area contributed by atoms with E-state index in [1.54, 1.807) is 17.4 Å². The molecule has 0 fully saturated rings. The van der Waals surface area contributed by atoms with Crippen LogP contribution < -0.4 is 0 Å². The van der Waals surface area contributed by atoms with Crippen molar-refractivity contribution in [2.45, 2.75) is 32.7 Å². The molecule has 96 valence electrons. The lowest BCUT2D eigenvalue weighted by Gasteiger charge is -2.21. The van der Waals surface area contributed by atoms with Crippen LogP contribution in [0.5, 0.6) is 0 Å². The van der Waals surface area contributed by atoms with Crippen LogP contribution in [0.25, 0.3) is 0 Å². The summed E-state index contributed by atoms with van der Waals surface area (Å²) in [4.78, 5) is 17.6. The van der Waals surface area contributed by atoms with Gasteiger partial charge in [0, 0.05) is 38.4 Å². The SMILES string of the molecule is CCCCN(CCO)C(=O)CCn1ccnc1. The molecule has 0 saturated heterocycles. The smallest absolute Gasteiger partial charge is 0.224 e. The number of hydrogen-bond donors (Lipinski definition) is 1. The van der Waals surface area contributed by atoms with Crippen molar-refractivity contribution in [3.05, 3.63) is 18.7 Å². The molecule has 0 aliphatic heterocycles. The maximum absolute atomic E-state index is 11.9. The predicted molar refractivity (Wildman–Crippen MR) is 65.4 cm³/mol. The number of carbonyl (C=O) groups excluding carboxylic acids is 1. The number of hydrogen-bond acceptors (Lipinski definition) is 3. The number of imidazole rings is 1. The van der Waals surface area contributed by atoms with Crippen LogP contribution in [-0.2, 0) is 11.3 Å². The molecule has 0 aliphatic carbocycles. The first-order valence-corrected chi connectivity index (χ1v) is 6.12. The third-order valence-corrected chi connectivity index (χ3v) is 2.65. The summed E-state index contributed by atoms with van der Waals surface area (Å²) < 4.78 is 1.88. The van der Waals surface area contributed by atoms with Crippen molar-refractivity contribution in [3.63, 3.8) is 0 Å². The van der Waals surface area contributed by atoms with Gasteiger partial charge in [-0.25, -0.2) is 4.98 Å². The Hall–Kier alpha value is -1.36. The molecule has 0 atom stereocenters. The van der Waals surface area contributed by atoms with E-state index in [9.17, 15) is 4.79 Å². The van der Waals surface area contributed by atoms with Gasteiger partial charge >= 0.3 is 0 Å². The van der Waals surface area contributed by atoms with Crippen LogP contribution in [0.15, 0.2) is 18.7 Å². The van der Waals surface area contributed by atoms with Crippen LogP contribution in [0.3, 0.4) is 0 Å². The minimum absolute atomic E-state index is 0.0283. The molecule has 0 radical (unpaired) electrons. The quantitative estimate of drug-likeness (QED) is 0.733. The van der Waals surface area contributed by atoms with E-state index in [-0.39, 0.29) is 12.5 Å². The summed E-state index contributed by atoms with van der Waals surface area (Å²) in [6.07, 6.45) is 7.74. The molecular formula is C12H21N3O2. The Morgan fingerprint density at radius 1 is 1.47 bits per heavy atom. The molecule has 0 saturated carbocycles. The van der Waals surface area contributed by atoms with E-state index in [0.717, 1.165) is 19.4 Å². The molecule has 5 heteroatoms. The van der Waals surface area contributed by atoms with Gasteiger partial charge in [0.05, 0.1) is 12.9 Å². The van der Waals surface area contributed by atoms with E-state index >= 15 is 0 Å². The molecule has 0 aromatic carbocycles. The zero-order chi connectivity index (χ0) is 12.5. The predicted octanol–water partition coefficient (Wildman–Crippen LogP) is 0.894. The molecule has 0 bridgehead atoms. The minimum atomic E-state index is 0.0283. The van der Waals surface area contributed by atoms with Gasteiger partial charge in [-0.1, -0.05) is 13.3 Å². The lowest BCUT2D eigenvalue weighted by molar-refractivity contribution is -0.132. The zero-order valence-corrected chi connectivity index (χ0v) is 10.4. The number of rotatable bonds is 8. The summed E-state index contributed by atoms with van der Waals surface area (Å²) in [7, 11) is 0. The summed E-state index contributed by atoms with van der Waals surface area (Å²) in [6, 6.07) is 0. The molecule has 5 nitrogen and oxygen atoms in total. The van der Waals surface area contributed by atoms with Gasteiger partial charge in [0.25, 0.3) is 0 Å². The highest BCUT2D eigenvalue weighted by atomic mass is 16.3. The number of amides is 1. The van der Waals surface area contributed by atoms with Crippen molar-refractivity contribution in [3.8, 4) is 0 Å². The van der Waals surface area contributed by atoms with Gasteiger partial charge in [-0.2, -0.15) is 0 Å². The second kappa shape index (κ2) is 7.84. The Labute approximate surface area is 102 Å². The van der Waals surface area contributed by atoms with Gasteiger partial charge in [-0.05, 0) is 6.42 Å². The zero-order valence-electron chi connectivity index (χ0n) is 10.4. The first-order chi connectivity index (χ1) is 8.27. The van der Waals surface area contributed by atoms with Crippen molar-refractivity contribution >= 4 is 5.91 Å². The Kier molecular flexibility index (Phi) is 6.32. The van der Waals surface area contributed by atoms with Crippen LogP contribution in [-0.4, -0.2) is 45.2 Å². The van der Waals surface area contributed by atoms with Gasteiger partial charge < -0.3 is 14.6 Å². The molecule has 1 aromatic rings. The number of aromatic nitrogens is 2. The van der Waals surface area contributed by atoms with E-state index in [2.05, 4.69) is 11.9 Å². The molecule has 17 heavy (non-hydrogen) atoms. The third kappa shape index (κ3) is 4.99. The third-order valence-electron chi connectivity index (χ3n) is 2.65. The van der Waals surface area contributed by atoms with Crippen molar-refractivity contribution in [2.75, 3.05) is 19.7 Å². The minimum Gasteiger partial charge on any atom is -0.395 e. The molecule has 1 amide bonds. The number of nitrogens with zero attached hydrogens (tertiary/aromatic N) is 3. The van der Waals surface area contributed by atoms with E-state index < -0.39 is 0 Å². The molecule has 1 aromatic heterocycles. The fourth-order valence-electron chi connectivity index (χ4n) is 1.63. The van der Waals surface area contributed by atoms with E-state index in [1.807, 2.05) is 10.8 Å². The van der Waals surface area contributed by atoms with Gasteiger partial charge in [0.1, 0.15) is 0 Å². The Morgan fingerprint density at radius 3 is 2.88 bits per heavy atom. The van der Waals surface area contributed by atoms with Crippen LogP contribution in [0.1, 0.15) is 26.2 Å². The summed E-state index contributed by atoms with van der Waals surface area (Å²) >= 11 is 0. The number of aliphatic hydroxyl groups is 1. The van der Waals surface area contributed by atoms with Crippen LogP contribution in [0.2, 0.25) is 0 Å². The van der Waals surface area contributed by atoms with E-state index in [0.29, 0.717) is 19.5 Å². The largest absolute Gasteiger partial charge is 0.395 e. The molecule has 1 N–H and O–H groups in total. The second-order valence-corrected chi connectivity index (χ2v) is 4.01. The molecule has 0 unspecified atom stereocenters. The van der Waals surface area contributed by atoms with E-state index in [1.165, 1.54) is 0 Å². The summed E-state index contributed by atoms with van der Waals surface area (Å²) in [6.45, 7) is 3.93. The molecule has 0 aliphatic rings. The highest BCUT2D eigenvalue weighted by Crippen LogP contribution is 2.00. The van der Waals surface area contributed by atoms with Crippen LogP contribution in [0.4, 0.5) is 0 Å². The average molecular weight is 239 g/mol. The van der Waals surface area contributed by atoms with E-state index in [4.69, 9.17) is 5.11 Å². The van der Waals surface area contributed by atoms with Crippen molar-refractivity contribution in [1.29, 1.82) is 0 Å². The molecule has 0 spiro atoms. The molecular weight excluding hydrogens is 218 g/mol. The average Bonchev–Trinajstić information content (AvgIpc) is 2.84. The summed E-state index contributed by atoms with van der Waals surface area (Å²) in [5.41, 5.74) is 0. The maximum Gasteiger partial charge on any atom is 0.224 e. The van der Waals surface area contributed by atoms with Crippen LogP contribution in [0, 0.1) is 0 Å². The number of aryl methyl sites for hydroxylation is 1. The highest BCUT2D eigenvalue weighted by molar-refractivity contribution is 5.76. The number of aliphatic hydroxyl groups excluding tert-OH is 1. The first kappa shape index (κ1) is 13.7. The Bertz CT molecular complexity index is 312. The van der Waals surface area contributed by atoms with Crippen molar-refractivity contribution in [2.24, 2.45) is 0 Å². The van der Waals surface area contributed by atoms with Crippen molar-refractivity contribution in [1.82, 2.24) is 14.5 Å². The highest BCUT2D eigenvalue weighted by Gasteiger charge is 2.11. The van der Waals surface area contributed by atoms with Gasteiger partial charge in [0.15, 0.2) is 0 Å². The monoisotopic (exact) mass is 239 g/mol.